The quantitative estimate of drug-likeness (QED) is 0.707. The third kappa shape index (κ3) is 3.58. The van der Waals surface area contributed by atoms with E-state index >= 15 is 0 Å². The first-order valence-electron chi connectivity index (χ1n) is 8.96. The molecule has 4 rings (SSSR count). The maximum Gasteiger partial charge on any atom is 0.146 e. The van der Waals surface area contributed by atoms with Crippen molar-refractivity contribution in [2.75, 3.05) is 18.0 Å². The molecule has 0 N–H and O–H groups in total. The van der Waals surface area contributed by atoms with E-state index in [9.17, 15) is 0 Å². The van der Waals surface area contributed by atoms with Gasteiger partial charge in [0.2, 0.25) is 0 Å². The molecule has 4 heteroatoms. The van der Waals surface area contributed by atoms with Gasteiger partial charge in [0.25, 0.3) is 0 Å². The van der Waals surface area contributed by atoms with Crippen molar-refractivity contribution < 1.29 is 4.74 Å². The molecule has 0 amide bonds. The Balaban J connectivity index is 1.59. The van der Waals surface area contributed by atoms with Gasteiger partial charge in [-0.1, -0.05) is 25.1 Å². The fraction of sp³-hybridized carbons (Fsp3) is 0.333. The average Bonchev–Trinajstić information content (AvgIpc) is 2.67. The van der Waals surface area contributed by atoms with Gasteiger partial charge in [-0.15, -0.1) is 0 Å². The number of aromatic nitrogens is 2. The molecule has 1 aromatic carbocycles. The maximum atomic E-state index is 6.04. The number of nitrogens with zero attached hydrogens (tertiary/aromatic N) is 3. The van der Waals surface area contributed by atoms with Crippen molar-refractivity contribution in [3.63, 3.8) is 0 Å². The minimum atomic E-state index is 0.500. The van der Waals surface area contributed by atoms with Gasteiger partial charge in [-0.25, -0.2) is 4.98 Å². The van der Waals surface area contributed by atoms with Crippen LogP contribution in [0.3, 0.4) is 0 Å². The number of fused-ring (bicyclic) bond motifs is 1. The molecular formula is C21H23N3O. The number of hydrogen-bond donors (Lipinski definition) is 0. The molecule has 1 fully saturated rings. The molecule has 0 saturated carbocycles. The van der Waals surface area contributed by atoms with Crippen molar-refractivity contribution >= 4 is 16.7 Å². The largest absolute Gasteiger partial charge is 0.487 e. The zero-order valence-electron chi connectivity index (χ0n) is 14.6. The monoisotopic (exact) mass is 333 g/mol. The first kappa shape index (κ1) is 15.9. The second kappa shape index (κ2) is 7.09. The van der Waals surface area contributed by atoms with Crippen LogP contribution in [-0.2, 0) is 6.61 Å². The average molecular weight is 333 g/mol. The molecule has 2 aromatic heterocycles. The molecule has 0 radical (unpaired) electrons. The number of pyridine rings is 2. The Labute approximate surface area is 148 Å². The van der Waals surface area contributed by atoms with Gasteiger partial charge >= 0.3 is 0 Å². The maximum absolute atomic E-state index is 6.04. The van der Waals surface area contributed by atoms with Crippen LogP contribution in [0.2, 0.25) is 0 Å². The molecule has 1 aliphatic rings. The minimum absolute atomic E-state index is 0.500. The van der Waals surface area contributed by atoms with E-state index in [0.717, 1.165) is 47.0 Å². The predicted molar refractivity (Wildman–Crippen MR) is 101 cm³/mol. The van der Waals surface area contributed by atoms with Crippen LogP contribution in [0, 0.1) is 5.92 Å². The van der Waals surface area contributed by atoms with E-state index in [-0.39, 0.29) is 0 Å². The zero-order chi connectivity index (χ0) is 17.1. The van der Waals surface area contributed by atoms with E-state index in [1.165, 1.54) is 12.8 Å². The van der Waals surface area contributed by atoms with E-state index < -0.39 is 0 Å². The molecule has 0 spiro atoms. The third-order valence-electron chi connectivity index (χ3n) is 4.89. The summed E-state index contributed by atoms with van der Waals surface area (Å²) in [7, 11) is 0. The second-order valence-electron chi connectivity index (χ2n) is 6.82. The number of piperidine rings is 1. The fourth-order valence-electron chi connectivity index (χ4n) is 3.28. The van der Waals surface area contributed by atoms with Gasteiger partial charge in [0.15, 0.2) is 0 Å². The summed E-state index contributed by atoms with van der Waals surface area (Å²) < 4.78 is 6.04. The molecule has 0 bridgehead atoms. The highest BCUT2D eigenvalue weighted by Gasteiger charge is 2.17. The van der Waals surface area contributed by atoms with E-state index in [2.05, 4.69) is 35.0 Å². The molecule has 25 heavy (non-hydrogen) atoms. The summed E-state index contributed by atoms with van der Waals surface area (Å²) in [5, 5.41) is 1.11. The number of anilines is 1. The molecule has 4 nitrogen and oxygen atoms in total. The fourth-order valence-corrected chi connectivity index (χ4v) is 3.28. The lowest BCUT2D eigenvalue weighted by Crippen LogP contribution is -2.33. The van der Waals surface area contributed by atoms with Crippen LogP contribution in [0.1, 0.15) is 25.3 Å². The third-order valence-corrected chi connectivity index (χ3v) is 4.89. The molecule has 3 heterocycles. The van der Waals surface area contributed by atoms with Gasteiger partial charge in [0.1, 0.15) is 23.7 Å². The Morgan fingerprint density at radius 2 is 1.96 bits per heavy atom. The molecule has 0 atom stereocenters. The van der Waals surface area contributed by atoms with Gasteiger partial charge in [-0.3, -0.25) is 4.98 Å². The van der Waals surface area contributed by atoms with Crippen molar-refractivity contribution in [3.05, 3.63) is 60.4 Å². The van der Waals surface area contributed by atoms with E-state index in [0.29, 0.717) is 6.61 Å². The van der Waals surface area contributed by atoms with Gasteiger partial charge < -0.3 is 9.64 Å². The summed E-state index contributed by atoms with van der Waals surface area (Å²) in [6.07, 6.45) is 6.07. The molecule has 0 aliphatic carbocycles. The highest BCUT2D eigenvalue weighted by atomic mass is 16.5. The Bertz CT molecular complexity index is 842. The summed E-state index contributed by atoms with van der Waals surface area (Å²) in [5.41, 5.74) is 1.99. The Morgan fingerprint density at radius 3 is 2.76 bits per heavy atom. The SMILES string of the molecule is CC1CCN(c2ccc3cccc(OCc4cccnc4)c3n2)CC1. The number of benzene rings is 1. The zero-order valence-corrected chi connectivity index (χ0v) is 14.6. The van der Waals surface area contributed by atoms with Gasteiger partial charge in [0.05, 0.1) is 0 Å². The van der Waals surface area contributed by atoms with Crippen molar-refractivity contribution in [2.24, 2.45) is 5.92 Å². The van der Waals surface area contributed by atoms with Crippen LogP contribution in [0.15, 0.2) is 54.9 Å². The van der Waals surface area contributed by atoms with Gasteiger partial charge in [0, 0.05) is 36.4 Å². The highest BCUT2D eigenvalue weighted by molar-refractivity contribution is 5.86. The van der Waals surface area contributed by atoms with Crippen molar-refractivity contribution in [1.82, 2.24) is 9.97 Å². The lowest BCUT2D eigenvalue weighted by molar-refractivity contribution is 0.309. The molecular weight excluding hydrogens is 310 g/mol. The summed E-state index contributed by atoms with van der Waals surface area (Å²) in [5.74, 6) is 2.69. The molecule has 128 valence electrons. The van der Waals surface area contributed by atoms with Crippen LogP contribution in [0.4, 0.5) is 5.82 Å². The summed E-state index contributed by atoms with van der Waals surface area (Å²) >= 11 is 0. The molecule has 1 aliphatic heterocycles. The smallest absolute Gasteiger partial charge is 0.146 e. The van der Waals surface area contributed by atoms with Crippen LogP contribution in [0.25, 0.3) is 10.9 Å². The van der Waals surface area contributed by atoms with Gasteiger partial charge in [-0.05, 0) is 43.0 Å². The van der Waals surface area contributed by atoms with Crippen LogP contribution < -0.4 is 9.64 Å². The summed E-state index contributed by atoms with van der Waals surface area (Å²) in [6, 6.07) is 14.3. The summed E-state index contributed by atoms with van der Waals surface area (Å²) in [6.45, 7) is 4.99. The van der Waals surface area contributed by atoms with Crippen molar-refractivity contribution in [3.8, 4) is 5.75 Å². The number of ether oxygens (including phenoxy) is 1. The Kier molecular flexibility index (Phi) is 4.51. The Hall–Kier alpha value is -2.62. The normalized spacial score (nSPS) is 15.5. The van der Waals surface area contributed by atoms with Crippen LogP contribution >= 0.6 is 0 Å². The van der Waals surface area contributed by atoms with Crippen molar-refractivity contribution in [1.29, 1.82) is 0 Å². The summed E-state index contributed by atoms with van der Waals surface area (Å²) in [4.78, 5) is 11.4. The number of hydrogen-bond acceptors (Lipinski definition) is 4. The Morgan fingerprint density at radius 1 is 1.08 bits per heavy atom. The second-order valence-corrected chi connectivity index (χ2v) is 6.82. The highest BCUT2D eigenvalue weighted by Crippen LogP contribution is 2.28. The standard InChI is InChI=1S/C21H23N3O/c1-16-9-12-24(13-10-16)20-8-7-18-5-2-6-19(21(18)23-20)25-15-17-4-3-11-22-14-17/h2-8,11,14,16H,9-10,12-13,15H2,1H3. The lowest BCUT2D eigenvalue weighted by atomic mass is 9.99. The van der Waals surface area contributed by atoms with Gasteiger partial charge in [-0.2, -0.15) is 0 Å². The first-order chi connectivity index (χ1) is 12.3. The van der Waals surface area contributed by atoms with E-state index in [1.807, 2.05) is 30.5 Å². The van der Waals surface area contributed by atoms with E-state index in [1.54, 1.807) is 6.20 Å². The molecule has 1 saturated heterocycles. The number of rotatable bonds is 4. The van der Waals surface area contributed by atoms with Crippen molar-refractivity contribution in [2.45, 2.75) is 26.4 Å². The van der Waals surface area contributed by atoms with Crippen LogP contribution in [0.5, 0.6) is 5.75 Å². The topological polar surface area (TPSA) is 38.2 Å². The minimum Gasteiger partial charge on any atom is -0.487 e. The lowest BCUT2D eigenvalue weighted by Gasteiger charge is -2.31. The number of para-hydroxylation sites is 1. The predicted octanol–water partition coefficient (Wildman–Crippen LogP) is 4.45. The molecule has 3 aromatic rings. The van der Waals surface area contributed by atoms with E-state index in [4.69, 9.17) is 9.72 Å². The van der Waals surface area contributed by atoms with Crippen LogP contribution in [-0.4, -0.2) is 23.1 Å². The first-order valence-corrected chi connectivity index (χ1v) is 8.96. The molecule has 0 unspecified atom stereocenters.